The minimum absolute atomic E-state index is 0.148. The second kappa shape index (κ2) is 13.9. The summed E-state index contributed by atoms with van der Waals surface area (Å²) in [7, 11) is 0. The maximum atomic E-state index is 5.32. The van der Waals surface area contributed by atoms with E-state index in [0.717, 1.165) is 22.5 Å². The van der Waals surface area contributed by atoms with E-state index < -0.39 is 5.41 Å². The van der Waals surface area contributed by atoms with E-state index in [-0.39, 0.29) is 12.3 Å². The van der Waals surface area contributed by atoms with Crippen LogP contribution in [0.2, 0.25) is 0 Å². The molecule has 55 heavy (non-hydrogen) atoms. The molecule has 2 atom stereocenters. The zero-order valence-electron chi connectivity index (χ0n) is 30.3. The van der Waals surface area contributed by atoms with Crippen LogP contribution in [-0.4, -0.2) is 5.84 Å². The van der Waals surface area contributed by atoms with Gasteiger partial charge in [-0.3, -0.25) is 5.32 Å². The molecule has 0 radical (unpaired) electrons. The molecule has 1 aliphatic carbocycles. The van der Waals surface area contributed by atoms with Gasteiger partial charge in [0.05, 0.1) is 5.41 Å². The molecule has 2 unspecified atom stereocenters. The summed E-state index contributed by atoms with van der Waals surface area (Å²) in [4.78, 5) is 5.32. The highest BCUT2D eigenvalue weighted by Crippen LogP contribution is 2.58. The van der Waals surface area contributed by atoms with Crippen LogP contribution >= 0.6 is 0 Å². The van der Waals surface area contributed by atoms with E-state index in [1.807, 2.05) is 6.07 Å². The Labute approximate surface area is 322 Å². The van der Waals surface area contributed by atoms with Gasteiger partial charge in [-0.1, -0.05) is 206 Å². The van der Waals surface area contributed by atoms with Crippen molar-refractivity contribution in [2.24, 2.45) is 4.99 Å². The second-order valence-corrected chi connectivity index (χ2v) is 14.4. The monoisotopic (exact) mass is 705 g/mol. The Morgan fingerprint density at radius 2 is 0.927 bits per heavy atom. The van der Waals surface area contributed by atoms with Gasteiger partial charge in [0, 0.05) is 5.56 Å². The van der Waals surface area contributed by atoms with Crippen LogP contribution in [0.5, 0.6) is 0 Å². The molecule has 0 fully saturated rings. The first-order valence-electron chi connectivity index (χ1n) is 19.0. The number of rotatable bonds is 7. The number of nitrogens with one attached hydrogen (secondary N) is 2. The number of hydrogen-bond donors (Lipinski definition) is 2. The summed E-state index contributed by atoms with van der Waals surface area (Å²) in [6, 6.07) is 76.6. The zero-order chi connectivity index (χ0) is 36.6. The third-order valence-electron chi connectivity index (χ3n) is 11.2. The molecule has 8 aromatic carbocycles. The third kappa shape index (κ3) is 5.69. The lowest BCUT2D eigenvalue weighted by atomic mass is 9.66. The summed E-state index contributed by atoms with van der Waals surface area (Å²) >= 11 is 0. The summed E-state index contributed by atoms with van der Waals surface area (Å²) in [5, 5.41) is 7.58. The standard InChI is InChI=1S/C52H39N3/c1-5-17-36(18-6-1)37-31-33-39(34-32-37)50-53-49(38-19-7-2-8-20-38)54-51(55-50)41-22-15-21-40(35-41)44-28-16-29-46-45-27-13-14-30-47(45)52(48(44)46,42-23-9-3-10-24-42)43-25-11-4-12-26-43/h1-35,50-51,55H,(H,53,54). The van der Waals surface area contributed by atoms with Crippen molar-refractivity contribution in [2.45, 2.75) is 17.7 Å². The first kappa shape index (κ1) is 32.8. The number of hydrogen-bond acceptors (Lipinski definition) is 3. The van der Waals surface area contributed by atoms with Crippen LogP contribution in [0.4, 0.5) is 0 Å². The lowest BCUT2D eigenvalue weighted by Gasteiger charge is -2.35. The van der Waals surface area contributed by atoms with Crippen molar-refractivity contribution >= 4 is 5.84 Å². The van der Waals surface area contributed by atoms with Gasteiger partial charge >= 0.3 is 0 Å². The summed E-state index contributed by atoms with van der Waals surface area (Å²) in [5.41, 5.74) is 15.3. The van der Waals surface area contributed by atoms with Gasteiger partial charge in [-0.05, 0) is 72.8 Å². The van der Waals surface area contributed by atoms with Crippen LogP contribution in [0.3, 0.4) is 0 Å². The van der Waals surface area contributed by atoms with Gasteiger partial charge in [0.25, 0.3) is 0 Å². The second-order valence-electron chi connectivity index (χ2n) is 14.4. The molecule has 2 aliphatic rings. The van der Waals surface area contributed by atoms with Gasteiger partial charge < -0.3 is 5.32 Å². The van der Waals surface area contributed by atoms with Gasteiger partial charge in [0.1, 0.15) is 18.2 Å². The highest BCUT2D eigenvalue weighted by Gasteiger charge is 2.47. The molecular weight excluding hydrogens is 667 g/mol. The van der Waals surface area contributed by atoms with E-state index in [0.29, 0.717) is 0 Å². The molecule has 3 nitrogen and oxygen atoms in total. The van der Waals surface area contributed by atoms with E-state index in [1.165, 1.54) is 55.6 Å². The van der Waals surface area contributed by atoms with Crippen LogP contribution in [-0.2, 0) is 5.41 Å². The fourth-order valence-corrected chi connectivity index (χ4v) is 8.76. The maximum absolute atomic E-state index is 5.32. The minimum atomic E-state index is -0.496. The predicted molar refractivity (Wildman–Crippen MR) is 226 cm³/mol. The van der Waals surface area contributed by atoms with Crippen molar-refractivity contribution in [2.75, 3.05) is 0 Å². The molecule has 0 aromatic heterocycles. The summed E-state index contributed by atoms with van der Waals surface area (Å²) in [6.45, 7) is 0. The van der Waals surface area contributed by atoms with Gasteiger partial charge in [0.15, 0.2) is 0 Å². The molecule has 2 N–H and O–H groups in total. The molecule has 0 saturated carbocycles. The Kier molecular flexibility index (Phi) is 8.28. The number of benzene rings is 8. The predicted octanol–water partition coefficient (Wildman–Crippen LogP) is 11.7. The molecule has 0 spiro atoms. The maximum Gasteiger partial charge on any atom is 0.131 e. The van der Waals surface area contributed by atoms with Crippen LogP contribution in [0, 0.1) is 0 Å². The lowest BCUT2D eigenvalue weighted by molar-refractivity contribution is 0.409. The highest BCUT2D eigenvalue weighted by atomic mass is 15.3. The largest absolute Gasteiger partial charge is 0.350 e. The zero-order valence-corrected chi connectivity index (χ0v) is 30.3. The molecule has 0 bridgehead atoms. The molecule has 8 aromatic rings. The Morgan fingerprint density at radius 3 is 1.62 bits per heavy atom. The van der Waals surface area contributed by atoms with Crippen LogP contribution in [0.15, 0.2) is 217 Å². The fourth-order valence-electron chi connectivity index (χ4n) is 8.76. The lowest BCUT2D eigenvalue weighted by Crippen LogP contribution is -2.44. The molecule has 262 valence electrons. The normalized spacial score (nSPS) is 16.7. The van der Waals surface area contributed by atoms with E-state index >= 15 is 0 Å². The number of aliphatic imine (C=N–C) groups is 1. The number of nitrogens with zero attached hydrogens (tertiary/aromatic N) is 1. The first-order valence-corrected chi connectivity index (χ1v) is 19.0. The third-order valence-corrected chi connectivity index (χ3v) is 11.2. The quantitative estimate of drug-likeness (QED) is 0.173. The van der Waals surface area contributed by atoms with Crippen molar-refractivity contribution in [3.8, 4) is 33.4 Å². The number of fused-ring (bicyclic) bond motifs is 3. The van der Waals surface area contributed by atoms with Gasteiger partial charge in [-0.15, -0.1) is 0 Å². The molecular formula is C52H39N3. The molecule has 3 heteroatoms. The molecule has 10 rings (SSSR count). The highest BCUT2D eigenvalue weighted by molar-refractivity contribution is 5.99. The van der Waals surface area contributed by atoms with E-state index in [1.54, 1.807) is 0 Å². The Morgan fingerprint density at radius 1 is 0.400 bits per heavy atom. The van der Waals surface area contributed by atoms with Gasteiger partial charge in [0.2, 0.25) is 0 Å². The minimum Gasteiger partial charge on any atom is -0.350 e. The molecule has 1 aliphatic heterocycles. The fraction of sp³-hybridized carbons (Fsp3) is 0.0577. The van der Waals surface area contributed by atoms with E-state index in [2.05, 4.69) is 217 Å². The van der Waals surface area contributed by atoms with Gasteiger partial charge in [-0.25, -0.2) is 4.99 Å². The van der Waals surface area contributed by atoms with E-state index in [9.17, 15) is 0 Å². The average Bonchev–Trinajstić information content (AvgIpc) is 3.59. The van der Waals surface area contributed by atoms with E-state index in [4.69, 9.17) is 4.99 Å². The molecule has 0 saturated heterocycles. The molecule has 1 heterocycles. The van der Waals surface area contributed by atoms with Crippen molar-refractivity contribution in [3.63, 3.8) is 0 Å². The van der Waals surface area contributed by atoms with Crippen molar-refractivity contribution < 1.29 is 0 Å². The van der Waals surface area contributed by atoms with Crippen molar-refractivity contribution in [1.82, 2.24) is 10.6 Å². The van der Waals surface area contributed by atoms with Crippen LogP contribution in [0.25, 0.3) is 33.4 Å². The van der Waals surface area contributed by atoms with Crippen LogP contribution < -0.4 is 10.6 Å². The summed E-state index contributed by atoms with van der Waals surface area (Å²) in [6.07, 6.45) is -0.428. The average molecular weight is 706 g/mol. The van der Waals surface area contributed by atoms with Crippen molar-refractivity contribution in [1.29, 1.82) is 0 Å². The Balaban J connectivity index is 1.10. The molecule has 0 amide bonds. The Hall–Kier alpha value is -6.81. The summed E-state index contributed by atoms with van der Waals surface area (Å²) in [5.74, 6) is 0.870. The first-order chi connectivity index (χ1) is 27.3. The smallest absolute Gasteiger partial charge is 0.131 e. The Bertz CT molecular complexity index is 2590. The van der Waals surface area contributed by atoms with Crippen LogP contribution in [0.1, 0.15) is 51.3 Å². The summed E-state index contributed by atoms with van der Waals surface area (Å²) < 4.78 is 0. The SMILES string of the molecule is c1ccc(C2=NC(c3cccc(-c4cccc5c4C(c4ccccc4)(c4ccccc4)c4ccccc4-5)c3)NC(c3ccc(-c4ccccc4)cc3)N2)cc1. The topological polar surface area (TPSA) is 36.4 Å². The van der Waals surface area contributed by atoms with Gasteiger partial charge in [-0.2, -0.15) is 0 Å². The number of amidine groups is 1. The van der Waals surface area contributed by atoms with Crippen molar-refractivity contribution in [3.05, 3.63) is 251 Å².